The van der Waals surface area contributed by atoms with Gasteiger partial charge in [-0.3, -0.25) is 9.79 Å². The maximum absolute atomic E-state index is 12.5. The summed E-state index contributed by atoms with van der Waals surface area (Å²) >= 11 is 0. The van der Waals surface area contributed by atoms with E-state index in [9.17, 15) is 4.79 Å². The van der Waals surface area contributed by atoms with Gasteiger partial charge in [-0.15, -0.1) is 0 Å². The van der Waals surface area contributed by atoms with Crippen molar-refractivity contribution < 1.29 is 4.79 Å². The van der Waals surface area contributed by atoms with Crippen LogP contribution in [-0.4, -0.2) is 61.6 Å². The highest BCUT2D eigenvalue weighted by Crippen LogP contribution is 2.27. The van der Waals surface area contributed by atoms with Gasteiger partial charge < -0.3 is 20.9 Å². The number of hydrogen-bond donors (Lipinski definition) is 3. The molecule has 2 aliphatic rings. The van der Waals surface area contributed by atoms with E-state index in [1.807, 2.05) is 4.90 Å². The number of aliphatic imine (C=N–C) groups is 1. The Labute approximate surface area is 146 Å². The van der Waals surface area contributed by atoms with Crippen molar-refractivity contribution >= 4 is 11.9 Å². The predicted molar refractivity (Wildman–Crippen MR) is 99.2 cm³/mol. The highest BCUT2D eigenvalue weighted by atomic mass is 16.2. The quantitative estimate of drug-likeness (QED) is 0.402. The van der Waals surface area contributed by atoms with Gasteiger partial charge in [0.15, 0.2) is 5.96 Å². The van der Waals surface area contributed by atoms with Crippen LogP contribution in [0, 0.1) is 5.92 Å². The van der Waals surface area contributed by atoms with E-state index in [4.69, 9.17) is 0 Å². The smallest absolute Gasteiger partial charge is 0.225 e. The summed E-state index contributed by atoms with van der Waals surface area (Å²) < 4.78 is 0. The average Bonchev–Trinajstić information content (AvgIpc) is 3.20. The SMILES string of the molecule is CN=C(NCCNC(C)(C)C)NC1CCN(C(=O)C2CCCC2)C1. The lowest BCUT2D eigenvalue weighted by Gasteiger charge is -2.23. The second-order valence-electron chi connectivity index (χ2n) is 8.07. The zero-order valence-corrected chi connectivity index (χ0v) is 15.8. The molecule has 1 saturated carbocycles. The minimum absolute atomic E-state index is 0.130. The molecule has 1 unspecified atom stereocenters. The van der Waals surface area contributed by atoms with Gasteiger partial charge >= 0.3 is 0 Å². The fourth-order valence-electron chi connectivity index (χ4n) is 3.52. The third-order valence-electron chi connectivity index (χ3n) is 4.84. The zero-order chi connectivity index (χ0) is 17.6. The van der Waals surface area contributed by atoms with Crippen molar-refractivity contribution in [2.45, 2.75) is 64.5 Å². The molecule has 0 radical (unpaired) electrons. The summed E-state index contributed by atoms with van der Waals surface area (Å²) in [5, 5.41) is 10.2. The molecule has 1 amide bonds. The molecule has 1 aliphatic heterocycles. The van der Waals surface area contributed by atoms with Gasteiger partial charge in [0.05, 0.1) is 0 Å². The first-order valence-electron chi connectivity index (χ1n) is 9.40. The maximum atomic E-state index is 12.5. The van der Waals surface area contributed by atoms with E-state index in [-0.39, 0.29) is 11.5 Å². The van der Waals surface area contributed by atoms with Crippen molar-refractivity contribution in [3.63, 3.8) is 0 Å². The molecule has 2 rings (SSSR count). The monoisotopic (exact) mass is 337 g/mol. The summed E-state index contributed by atoms with van der Waals surface area (Å²) in [6.07, 6.45) is 5.59. The number of amides is 1. The molecule has 0 bridgehead atoms. The molecular formula is C18H35N5O. The molecule has 0 aromatic heterocycles. The molecular weight excluding hydrogens is 302 g/mol. The van der Waals surface area contributed by atoms with Crippen LogP contribution in [-0.2, 0) is 4.79 Å². The zero-order valence-electron chi connectivity index (χ0n) is 15.8. The first-order chi connectivity index (χ1) is 11.4. The second-order valence-corrected chi connectivity index (χ2v) is 8.07. The molecule has 1 aliphatic carbocycles. The summed E-state index contributed by atoms with van der Waals surface area (Å²) in [5.41, 5.74) is 0.130. The summed E-state index contributed by atoms with van der Waals surface area (Å²) in [6.45, 7) is 9.87. The number of nitrogens with zero attached hydrogens (tertiary/aromatic N) is 2. The van der Waals surface area contributed by atoms with E-state index in [1.54, 1.807) is 7.05 Å². The number of hydrogen-bond acceptors (Lipinski definition) is 3. The van der Waals surface area contributed by atoms with E-state index < -0.39 is 0 Å². The fourth-order valence-corrected chi connectivity index (χ4v) is 3.52. The third kappa shape index (κ3) is 5.96. The summed E-state index contributed by atoms with van der Waals surface area (Å²) in [7, 11) is 1.79. The number of nitrogens with one attached hydrogen (secondary N) is 3. The van der Waals surface area contributed by atoms with Crippen LogP contribution in [0.25, 0.3) is 0 Å². The molecule has 0 aromatic carbocycles. The molecule has 6 nitrogen and oxygen atoms in total. The Bertz CT molecular complexity index is 437. The minimum Gasteiger partial charge on any atom is -0.355 e. The summed E-state index contributed by atoms with van der Waals surface area (Å²) in [6, 6.07) is 0.303. The van der Waals surface area contributed by atoms with Crippen LogP contribution in [0.5, 0.6) is 0 Å². The van der Waals surface area contributed by atoms with Crippen LogP contribution in [0.2, 0.25) is 0 Å². The van der Waals surface area contributed by atoms with Crippen molar-refractivity contribution in [1.29, 1.82) is 0 Å². The lowest BCUT2D eigenvalue weighted by atomic mass is 10.1. The van der Waals surface area contributed by atoms with Crippen LogP contribution >= 0.6 is 0 Å². The van der Waals surface area contributed by atoms with E-state index >= 15 is 0 Å². The Balaban J connectivity index is 1.69. The Morgan fingerprint density at radius 1 is 1.17 bits per heavy atom. The van der Waals surface area contributed by atoms with E-state index in [2.05, 4.69) is 41.7 Å². The largest absolute Gasteiger partial charge is 0.355 e. The molecule has 24 heavy (non-hydrogen) atoms. The van der Waals surface area contributed by atoms with Crippen molar-refractivity contribution in [2.24, 2.45) is 10.9 Å². The molecule has 3 N–H and O–H groups in total. The topological polar surface area (TPSA) is 68.8 Å². The van der Waals surface area contributed by atoms with Crippen molar-refractivity contribution in [3.05, 3.63) is 0 Å². The Morgan fingerprint density at radius 2 is 1.88 bits per heavy atom. The number of rotatable bonds is 5. The van der Waals surface area contributed by atoms with Crippen molar-refractivity contribution in [2.75, 3.05) is 33.2 Å². The van der Waals surface area contributed by atoms with E-state index in [0.717, 1.165) is 51.4 Å². The van der Waals surface area contributed by atoms with Crippen LogP contribution in [0.15, 0.2) is 4.99 Å². The average molecular weight is 338 g/mol. The number of carbonyl (C=O) groups excluding carboxylic acids is 1. The van der Waals surface area contributed by atoms with E-state index in [1.165, 1.54) is 12.8 Å². The maximum Gasteiger partial charge on any atom is 0.225 e. The van der Waals surface area contributed by atoms with Crippen molar-refractivity contribution in [3.8, 4) is 0 Å². The fraction of sp³-hybridized carbons (Fsp3) is 0.889. The number of guanidine groups is 1. The van der Waals surface area contributed by atoms with Crippen molar-refractivity contribution in [1.82, 2.24) is 20.9 Å². The molecule has 1 heterocycles. The van der Waals surface area contributed by atoms with Gasteiger partial charge in [-0.1, -0.05) is 12.8 Å². The van der Waals surface area contributed by atoms with Crippen LogP contribution < -0.4 is 16.0 Å². The summed E-state index contributed by atoms with van der Waals surface area (Å²) in [4.78, 5) is 18.8. The lowest BCUT2D eigenvalue weighted by Crippen LogP contribution is -2.48. The standard InChI is InChI=1S/C18H35N5O/c1-18(2,3)21-11-10-20-17(19-4)22-15-9-12-23(13-15)16(24)14-7-5-6-8-14/h14-15,21H,5-13H2,1-4H3,(H2,19,20,22). The van der Waals surface area contributed by atoms with Crippen LogP contribution in [0.4, 0.5) is 0 Å². The van der Waals surface area contributed by atoms with Gasteiger partial charge in [0.1, 0.15) is 0 Å². The van der Waals surface area contributed by atoms with Crippen LogP contribution in [0.1, 0.15) is 52.9 Å². The van der Waals surface area contributed by atoms with E-state index in [0.29, 0.717) is 11.9 Å². The van der Waals surface area contributed by atoms with Gasteiger partial charge in [-0.05, 0) is 40.0 Å². The number of likely N-dealkylation sites (tertiary alicyclic amines) is 1. The number of carbonyl (C=O) groups is 1. The summed E-state index contributed by atoms with van der Waals surface area (Å²) in [5.74, 6) is 1.48. The normalized spacial score (nSPS) is 22.9. The highest BCUT2D eigenvalue weighted by molar-refractivity contribution is 5.81. The van der Waals surface area contributed by atoms with Crippen LogP contribution in [0.3, 0.4) is 0 Å². The van der Waals surface area contributed by atoms with Gasteiger partial charge in [0.25, 0.3) is 0 Å². The Morgan fingerprint density at radius 3 is 2.50 bits per heavy atom. The van der Waals surface area contributed by atoms with Gasteiger partial charge in [0, 0.05) is 50.7 Å². The minimum atomic E-state index is 0.130. The Kier molecular flexibility index (Phi) is 6.90. The Hall–Kier alpha value is -1.30. The molecule has 138 valence electrons. The van der Waals surface area contributed by atoms with Gasteiger partial charge in [0.2, 0.25) is 5.91 Å². The first-order valence-corrected chi connectivity index (χ1v) is 9.40. The molecule has 1 atom stereocenters. The lowest BCUT2D eigenvalue weighted by molar-refractivity contribution is -0.134. The van der Waals surface area contributed by atoms with Gasteiger partial charge in [-0.25, -0.2) is 0 Å². The first kappa shape index (κ1) is 19.0. The molecule has 1 saturated heterocycles. The van der Waals surface area contributed by atoms with Gasteiger partial charge in [-0.2, -0.15) is 0 Å². The third-order valence-corrected chi connectivity index (χ3v) is 4.84. The molecule has 6 heteroatoms. The predicted octanol–water partition coefficient (Wildman–Crippen LogP) is 1.33. The highest BCUT2D eigenvalue weighted by Gasteiger charge is 2.32. The molecule has 0 spiro atoms. The molecule has 2 fully saturated rings. The molecule has 0 aromatic rings. The second kappa shape index (κ2) is 8.70.